The molecule has 5 nitrogen and oxygen atoms in total. The summed E-state index contributed by atoms with van der Waals surface area (Å²) >= 11 is 0. The van der Waals surface area contributed by atoms with Gasteiger partial charge >= 0.3 is 0 Å². The number of benzene rings is 1. The quantitative estimate of drug-likeness (QED) is 0.721. The van der Waals surface area contributed by atoms with E-state index in [-0.39, 0.29) is 0 Å². The van der Waals surface area contributed by atoms with Crippen LogP contribution in [0.1, 0.15) is 18.1 Å². The third kappa shape index (κ3) is 4.07. The summed E-state index contributed by atoms with van der Waals surface area (Å²) in [5.41, 5.74) is 4.29. The molecule has 0 unspecified atom stereocenters. The average Bonchev–Trinajstić information content (AvgIpc) is 2.62. The van der Waals surface area contributed by atoms with Crippen LogP contribution in [0.2, 0.25) is 0 Å². The normalized spacial score (nSPS) is 10.4. The van der Waals surface area contributed by atoms with Crippen LogP contribution in [0.4, 0.5) is 11.8 Å². The van der Waals surface area contributed by atoms with Crippen molar-refractivity contribution >= 4 is 11.8 Å². The van der Waals surface area contributed by atoms with Gasteiger partial charge in [-0.2, -0.15) is 4.98 Å². The molecule has 1 aromatic carbocycles. The van der Waals surface area contributed by atoms with Crippen LogP contribution in [-0.4, -0.2) is 21.5 Å². The maximum atomic E-state index is 4.56. The molecule has 2 heterocycles. The van der Waals surface area contributed by atoms with Crippen molar-refractivity contribution in [2.75, 3.05) is 17.2 Å². The summed E-state index contributed by atoms with van der Waals surface area (Å²) in [4.78, 5) is 13.3. The molecule has 0 spiro atoms. The first-order valence-electron chi connectivity index (χ1n) is 8.07. The zero-order valence-corrected chi connectivity index (χ0v) is 14.0. The Morgan fingerprint density at radius 2 is 1.83 bits per heavy atom. The van der Waals surface area contributed by atoms with E-state index in [0.717, 1.165) is 30.2 Å². The van der Waals surface area contributed by atoms with Gasteiger partial charge in [-0.25, -0.2) is 4.98 Å². The summed E-state index contributed by atoms with van der Waals surface area (Å²) in [6.45, 7) is 5.60. The standard InChI is InChI=1S/C19H21N5/c1-3-21-19-23-17(16-5-4-10-20-13-16)11-18(24-19)22-12-15-8-6-14(2)7-9-15/h4-11,13H,3,12H2,1-2H3,(H2,21,22,23,24). The summed E-state index contributed by atoms with van der Waals surface area (Å²) in [5, 5.41) is 6.56. The lowest BCUT2D eigenvalue weighted by atomic mass is 10.1. The second-order valence-electron chi connectivity index (χ2n) is 5.57. The maximum Gasteiger partial charge on any atom is 0.225 e. The number of rotatable bonds is 6. The third-order valence-electron chi connectivity index (χ3n) is 3.61. The van der Waals surface area contributed by atoms with Crippen LogP contribution in [0, 0.1) is 6.92 Å². The van der Waals surface area contributed by atoms with Gasteiger partial charge in [-0.3, -0.25) is 4.98 Å². The monoisotopic (exact) mass is 319 g/mol. The molecule has 3 aromatic rings. The summed E-state index contributed by atoms with van der Waals surface area (Å²) in [6, 6.07) is 14.3. The predicted octanol–water partition coefficient (Wildman–Crippen LogP) is 3.89. The molecule has 3 rings (SSSR count). The number of pyridine rings is 1. The van der Waals surface area contributed by atoms with E-state index in [9.17, 15) is 0 Å². The Balaban J connectivity index is 1.83. The van der Waals surface area contributed by atoms with Crippen molar-refractivity contribution in [2.24, 2.45) is 0 Å². The lowest BCUT2D eigenvalue weighted by molar-refractivity contribution is 1.05. The summed E-state index contributed by atoms with van der Waals surface area (Å²) in [6.07, 6.45) is 3.56. The van der Waals surface area contributed by atoms with Crippen LogP contribution >= 0.6 is 0 Å². The third-order valence-corrected chi connectivity index (χ3v) is 3.61. The number of nitrogens with one attached hydrogen (secondary N) is 2. The molecule has 0 aliphatic rings. The molecule has 0 fully saturated rings. The Bertz CT molecular complexity index is 785. The second kappa shape index (κ2) is 7.55. The Kier molecular flexibility index (Phi) is 5.01. The average molecular weight is 319 g/mol. The molecular formula is C19H21N5. The number of hydrogen-bond donors (Lipinski definition) is 2. The van der Waals surface area contributed by atoms with Gasteiger partial charge in [-0.1, -0.05) is 29.8 Å². The fraction of sp³-hybridized carbons (Fsp3) is 0.211. The fourth-order valence-electron chi connectivity index (χ4n) is 2.34. The van der Waals surface area contributed by atoms with Gasteiger partial charge in [-0.05, 0) is 31.5 Å². The maximum absolute atomic E-state index is 4.56. The minimum absolute atomic E-state index is 0.616. The van der Waals surface area contributed by atoms with Gasteiger partial charge in [-0.15, -0.1) is 0 Å². The van der Waals surface area contributed by atoms with E-state index in [0.29, 0.717) is 5.95 Å². The molecule has 2 N–H and O–H groups in total. The lowest BCUT2D eigenvalue weighted by Gasteiger charge is -2.11. The molecule has 0 bridgehead atoms. The van der Waals surface area contributed by atoms with Crippen LogP contribution in [-0.2, 0) is 6.54 Å². The van der Waals surface area contributed by atoms with E-state index in [1.807, 2.05) is 31.3 Å². The highest BCUT2D eigenvalue weighted by Gasteiger charge is 2.06. The number of aryl methyl sites for hydroxylation is 1. The molecule has 0 aliphatic heterocycles. The summed E-state index contributed by atoms with van der Waals surface area (Å²) in [5.74, 6) is 1.41. The molecule has 0 saturated heterocycles. The molecule has 2 aromatic heterocycles. The van der Waals surface area contributed by atoms with Gasteiger partial charge in [0.05, 0.1) is 5.69 Å². The Labute approximate surface area is 142 Å². The van der Waals surface area contributed by atoms with Crippen molar-refractivity contribution in [3.8, 4) is 11.3 Å². The van der Waals surface area contributed by atoms with Crippen molar-refractivity contribution in [2.45, 2.75) is 20.4 Å². The van der Waals surface area contributed by atoms with E-state index < -0.39 is 0 Å². The predicted molar refractivity (Wildman–Crippen MR) is 97.9 cm³/mol. The minimum atomic E-state index is 0.616. The molecule has 0 atom stereocenters. The SMILES string of the molecule is CCNc1nc(NCc2ccc(C)cc2)cc(-c2cccnc2)n1. The van der Waals surface area contributed by atoms with Crippen LogP contribution in [0.15, 0.2) is 54.9 Å². The van der Waals surface area contributed by atoms with Gasteiger partial charge in [0.25, 0.3) is 0 Å². The highest BCUT2D eigenvalue weighted by Crippen LogP contribution is 2.21. The lowest BCUT2D eigenvalue weighted by Crippen LogP contribution is -2.07. The van der Waals surface area contributed by atoms with E-state index >= 15 is 0 Å². The van der Waals surface area contributed by atoms with Crippen molar-refractivity contribution in [3.05, 3.63) is 66.0 Å². The van der Waals surface area contributed by atoms with Crippen LogP contribution in [0.25, 0.3) is 11.3 Å². The van der Waals surface area contributed by atoms with Crippen molar-refractivity contribution in [3.63, 3.8) is 0 Å². The Morgan fingerprint density at radius 3 is 2.54 bits per heavy atom. The zero-order valence-electron chi connectivity index (χ0n) is 14.0. The van der Waals surface area contributed by atoms with Crippen LogP contribution in [0.3, 0.4) is 0 Å². The van der Waals surface area contributed by atoms with Gasteiger partial charge in [0.15, 0.2) is 0 Å². The summed E-state index contributed by atoms with van der Waals surface area (Å²) in [7, 11) is 0. The molecule has 0 radical (unpaired) electrons. The van der Waals surface area contributed by atoms with Gasteiger partial charge in [0.2, 0.25) is 5.95 Å². The van der Waals surface area contributed by atoms with Crippen LogP contribution in [0.5, 0.6) is 0 Å². The number of nitrogens with zero attached hydrogens (tertiary/aromatic N) is 3. The van der Waals surface area contributed by atoms with E-state index in [4.69, 9.17) is 0 Å². The van der Waals surface area contributed by atoms with E-state index in [1.165, 1.54) is 11.1 Å². The molecule has 0 saturated carbocycles. The van der Waals surface area contributed by atoms with Gasteiger partial charge in [0.1, 0.15) is 5.82 Å². The Morgan fingerprint density at radius 1 is 1.00 bits per heavy atom. The first-order chi connectivity index (χ1) is 11.7. The molecule has 5 heteroatoms. The molecule has 122 valence electrons. The fourth-order valence-corrected chi connectivity index (χ4v) is 2.34. The number of aromatic nitrogens is 3. The molecular weight excluding hydrogens is 298 g/mol. The highest BCUT2D eigenvalue weighted by molar-refractivity contribution is 5.63. The van der Waals surface area contributed by atoms with Gasteiger partial charge < -0.3 is 10.6 Å². The molecule has 0 amide bonds. The van der Waals surface area contributed by atoms with Crippen molar-refractivity contribution < 1.29 is 0 Å². The second-order valence-corrected chi connectivity index (χ2v) is 5.57. The number of anilines is 2. The van der Waals surface area contributed by atoms with Crippen LogP contribution < -0.4 is 10.6 Å². The van der Waals surface area contributed by atoms with Crippen molar-refractivity contribution in [1.82, 2.24) is 15.0 Å². The topological polar surface area (TPSA) is 62.7 Å². The van der Waals surface area contributed by atoms with Gasteiger partial charge in [0, 0.05) is 37.1 Å². The van der Waals surface area contributed by atoms with E-state index in [2.05, 4.69) is 56.8 Å². The highest BCUT2D eigenvalue weighted by atomic mass is 15.1. The van der Waals surface area contributed by atoms with E-state index in [1.54, 1.807) is 6.20 Å². The van der Waals surface area contributed by atoms with Crippen molar-refractivity contribution in [1.29, 1.82) is 0 Å². The molecule has 24 heavy (non-hydrogen) atoms. The first kappa shape index (κ1) is 15.9. The largest absolute Gasteiger partial charge is 0.366 e. The number of hydrogen-bond acceptors (Lipinski definition) is 5. The minimum Gasteiger partial charge on any atom is -0.366 e. The summed E-state index contributed by atoms with van der Waals surface area (Å²) < 4.78 is 0. The molecule has 0 aliphatic carbocycles. The first-order valence-corrected chi connectivity index (χ1v) is 8.07. The zero-order chi connectivity index (χ0) is 16.8. The smallest absolute Gasteiger partial charge is 0.225 e. The Hall–Kier alpha value is -2.95.